The Labute approximate surface area is 100 Å². The molecule has 0 radical (unpaired) electrons. The molecule has 0 heterocycles. The Kier molecular flexibility index (Phi) is 3.85. The first-order chi connectivity index (χ1) is 6.91. The van der Waals surface area contributed by atoms with Crippen molar-refractivity contribution in [2.75, 3.05) is 6.54 Å². The van der Waals surface area contributed by atoms with Crippen LogP contribution in [0.5, 0.6) is 0 Å². The highest BCUT2D eigenvalue weighted by Crippen LogP contribution is 2.59. The molecule has 2 nitrogen and oxygen atoms in total. The van der Waals surface area contributed by atoms with E-state index in [1.165, 1.54) is 0 Å². The average Bonchev–Trinajstić information content (AvgIpc) is 2.63. The van der Waals surface area contributed by atoms with E-state index in [1.54, 1.807) is 12.2 Å². The number of nitrogens with one attached hydrogen (secondary N) is 1. The third-order valence-corrected chi connectivity index (χ3v) is 3.17. The molecule has 0 aromatic heterocycles. The van der Waals surface area contributed by atoms with E-state index >= 15 is 0 Å². The van der Waals surface area contributed by atoms with Crippen molar-refractivity contribution in [1.82, 2.24) is 5.32 Å². The second-order valence-electron chi connectivity index (χ2n) is 4.31. The molecule has 1 amide bonds. The van der Waals surface area contributed by atoms with Crippen molar-refractivity contribution in [3.8, 4) is 0 Å². The molecule has 1 N–H and O–H groups in total. The normalized spacial score (nSPS) is 26.7. The van der Waals surface area contributed by atoms with Crippen LogP contribution in [0.2, 0.25) is 0 Å². The molecule has 1 rings (SSSR count). The van der Waals surface area contributed by atoms with Gasteiger partial charge >= 0.3 is 0 Å². The van der Waals surface area contributed by atoms with E-state index < -0.39 is 0 Å². The fourth-order valence-electron chi connectivity index (χ4n) is 1.91. The van der Waals surface area contributed by atoms with Crippen molar-refractivity contribution in [3.63, 3.8) is 0 Å². The van der Waals surface area contributed by atoms with Crippen molar-refractivity contribution < 1.29 is 4.79 Å². The molecule has 0 bridgehead atoms. The van der Waals surface area contributed by atoms with Crippen LogP contribution in [0.3, 0.4) is 0 Å². The second-order valence-corrected chi connectivity index (χ2v) is 5.32. The summed E-state index contributed by atoms with van der Waals surface area (Å²) in [4.78, 5) is 11.7. The van der Waals surface area contributed by atoms with Crippen molar-refractivity contribution in [2.45, 2.75) is 13.8 Å². The van der Waals surface area contributed by atoms with E-state index in [0.29, 0.717) is 6.54 Å². The lowest BCUT2D eigenvalue weighted by atomic mass is 10.1. The van der Waals surface area contributed by atoms with Crippen LogP contribution < -0.4 is 5.32 Å². The topological polar surface area (TPSA) is 29.1 Å². The smallest absolute Gasteiger partial charge is 0.224 e. The Morgan fingerprint density at radius 1 is 1.53 bits per heavy atom. The van der Waals surface area contributed by atoms with Gasteiger partial charge in [-0.1, -0.05) is 43.1 Å². The van der Waals surface area contributed by atoms with Gasteiger partial charge in [0.2, 0.25) is 5.91 Å². The fourth-order valence-corrected chi connectivity index (χ4v) is 2.18. The number of halogens is 2. The van der Waals surface area contributed by atoms with Gasteiger partial charge in [0.1, 0.15) is 4.49 Å². The fraction of sp³-hybridized carbons (Fsp3) is 0.545. The highest BCUT2D eigenvalue weighted by Gasteiger charge is 2.60. The number of carbonyl (C=O) groups excluding carboxylic acids is 1. The Morgan fingerprint density at radius 3 is 2.60 bits per heavy atom. The minimum atomic E-state index is -0.0553. The largest absolute Gasteiger partial charge is 0.352 e. The number of allylic oxidation sites excluding steroid dienone is 1. The van der Waals surface area contributed by atoms with Gasteiger partial charge in [0.15, 0.2) is 0 Å². The van der Waals surface area contributed by atoms with Gasteiger partial charge in [-0.2, -0.15) is 0 Å². The van der Waals surface area contributed by atoms with E-state index in [4.69, 9.17) is 23.2 Å². The SMILES string of the molecule is C=CCNC(=O)[C@@H]1[C@H](C=C(Cl)Cl)C1(C)C. The molecule has 0 aliphatic heterocycles. The van der Waals surface area contributed by atoms with Crippen LogP contribution in [0.25, 0.3) is 0 Å². The van der Waals surface area contributed by atoms with Gasteiger partial charge in [0.25, 0.3) is 0 Å². The Hall–Kier alpha value is -0.470. The van der Waals surface area contributed by atoms with E-state index in [1.807, 2.05) is 13.8 Å². The van der Waals surface area contributed by atoms with Crippen molar-refractivity contribution >= 4 is 29.1 Å². The monoisotopic (exact) mass is 247 g/mol. The summed E-state index contributed by atoms with van der Waals surface area (Å²) in [6.07, 6.45) is 3.40. The third-order valence-electron chi connectivity index (χ3n) is 2.92. The minimum absolute atomic E-state index is 0.0371. The highest BCUT2D eigenvalue weighted by atomic mass is 35.5. The number of amides is 1. The zero-order valence-electron chi connectivity index (χ0n) is 8.89. The molecule has 0 saturated heterocycles. The average molecular weight is 248 g/mol. The first kappa shape index (κ1) is 12.6. The molecule has 84 valence electrons. The molecule has 1 fully saturated rings. The summed E-state index contributed by atoms with van der Waals surface area (Å²) >= 11 is 11.2. The lowest BCUT2D eigenvalue weighted by Gasteiger charge is -2.02. The summed E-state index contributed by atoms with van der Waals surface area (Å²) in [5.74, 6) is 0.132. The number of carbonyl (C=O) groups is 1. The summed E-state index contributed by atoms with van der Waals surface area (Å²) in [6, 6.07) is 0. The molecule has 2 atom stereocenters. The van der Waals surface area contributed by atoms with Crippen molar-refractivity contribution in [3.05, 3.63) is 23.2 Å². The van der Waals surface area contributed by atoms with Crippen molar-refractivity contribution in [1.29, 1.82) is 0 Å². The first-order valence-electron chi connectivity index (χ1n) is 4.82. The molecule has 1 saturated carbocycles. The van der Waals surface area contributed by atoms with Crippen LogP contribution >= 0.6 is 23.2 Å². The van der Waals surface area contributed by atoms with Crippen LogP contribution in [0.1, 0.15) is 13.8 Å². The minimum Gasteiger partial charge on any atom is -0.352 e. The standard InChI is InChI=1S/C11H15Cl2NO/c1-4-5-14-10(15)9-7(6-8(12)13)11(9,2)3/h4,6-7,9H,1,5H2,2-3H3,(H,14,15)/t7-,9-/m0/s1. The molecule has 0 spiro atoms. The van der Waals surface area contributed by atoms with E-state index in [2.05, 4.69) is 11.9 Å². The molecule has 15 heavy (non-hydrogen) atoms. The van der Waals surface area contributed by atoms with Crippen LogP contribution in [0, 0.1) is 17.3 Å². The van der Waals surface area contributed by atoms with Gasteiger partial charge in [0.05, 0.1) is 5.92 Å². The van der Waals surface area contributed by atoms with Crippen LogP contribution in [-0.2, 0) is 4.79 Å². The summed E-state index contributed by atoms with van der Waals surface area (Å²) in [5.41, 5.74) is -0.0553. The molecule has 0 aromatic carbocycles. The molecular weight excluding hydrogens is 233 g/mol. The third kappa shape index (κ3) is 2.76. The summed E-state index contributed by atoms with van der Waals surface area (Å²) in [7, 11) is 0. The van der Waals surface area contributed by atoms with Gasteiger partial charge in [-0.15, -0.1) is 6.58 Å². The van der Waals surface area contributed by atoms with Gasteiger partial charge in [-0.3, -0.25) is 4.79 Å². The summed E-state index contributed by atoms with van der Waals surface area (Å²) in [6.45, 7) is 8.11. The zero-order valence-corrected chi connectivity index (χ0v) is 10.4. The number of hydrogen-bond acceptors (Lipinski definition) is 1. The maximum atomic E-state index is 11.7. The molecule has 0 aromatic rings. The Bertz CT molecular complexity index is 306. The molecular formula is C11H15Cl2NO. The molecule has 0 unspecified atom stereocenters. The van der Waals surface area contributed by atoms with Crippen LogP contribution in [0.15, 0.2) is 23.2 Å². The quantitative estimate of drug-likeness (QED) is 0.761. The van der Waals surface area contributed by atoms with Crippen molar-refractivity contribution in [2.24, 2.45) is 17.3 Å². The van der Waals surface area contributed by atoms with Gasteiger partial charge < -0.3 is 5.32 Å². The molecule has 1 aliphatic rings. The highest BCUT2D eigenvalue weighted by molar-refractivity contribution is 6.55. The zero-order chi connectivity index (χ0) is 11.6. The number of hydrogen-bond donors (Lipinski definition) is 1. The summed E-state index contributed by atoms with van der Waals surface area (Å²) < 4.78 is 0.229. The van der Waals surface area contributed by atoms with Crippen LogP contribution in [0.4, 0.5) is 0 Å². The lowest BCUT2D eigenvalue weighted by Crippen LogP contribution is -2.26. The second kappa shape index (κ2) is 4.58. The maximum absolute atomic E-state index is 11.7. The predicted molar refractivity (Wildman–Crippen MR) is 63.8 cm³/mol. The maximum Gasteiger partial charge on any atom is 0.224 e. The Morgan fingerprint density at radius 2 is 2.13 bits per heavy atom. The first-order valence-corrected chi connectivity index (χ1v) is 5.58. The van der Waals surface area contributed by atoms with E-state index in [-0.39, 0.29) is 27.6 Å². The van der Waals surface area contributed by atoms with Gasteiger partial charge in [-0.25, -0.2) is 0 Å². The van der Waals surface area contributed by atoms with Crippen LogP contribution in [-0.4, -0.2) is 12.5 Å². The molecule has 1 aliphatic carbocycles. The lowest BCUT2D eigenvalue weighted by molar-refractivity contribution is -0.122. The van der Waals surface area contributed by atoms with Gasteiger partial charge in [0, 0.05) is 6.54 Å². The van der Waals surface area contributed by atoms with E-state index in [9.17, 15) is 4.79 Å². The predicted octanol–water partition coefficient (Wildman–Crippen LogP) is 2.88. The Balaban J connectivity index is 2.61. The molecule has 4 heteroatoms. The number of rotatable bonds is 4. The van der Waals surface area contributed by atoms with E-state index in [0.717, 1.165) is 0 Å². The summed E-state index contributed by atoms with van der Waals surface area (Å²) in [5, 5.41) is 2.78. The van der Waals surface area contributed by atoms with Gasteiger partial charge in [-0.05, 0) is 17.4 Å².